The van der Waals surface area contributed by atoms with E-state index < -0.39 is 83.9 Å². The van der Waals surface area contributed by atoms with Gasteiger partial charge in [-0.25, -0.2) is 4.79 Å². The number of hydrogen-bond donors (Lipinski definition) is 3. The Bertz CT molecular complexity index is 1430. The summed E-state index contributed by atoms with van der Waals surface area (Å²) < 4.78 is 29.7. The summed E-state index contributed by atoms with van der Waals surface area (Å²) in [6, 6.07) is -1.13. The number of aliphatic hydroxyl groups excluding tert-OH is 2. The first-order valence-electron chi connectivity index (χ1n) is 20.8. The third kappa shape index (κ3) is 10.7. The molecule has 2 saturated heterocycles. The smallest absolute Gasteiger partial charge is 0.329 e. The fraction of sp³-hybridized carbons (Fsp3) is 0.814. The van der Waals surface area contributed by atoms with Crippen LogP contribution in [-0.4, -0.2) is 126 Å². The first-order valence-corrected chi connectivity index (χ1v) is 20.8. The van der Waals surface area contributed by atoms with Crippen LogP contribution in [0.5, 0.6) is 0 Å². The molecule has 0 spiro atoms. The SMILES string of the molecule is CC[C@@H]1/C=C(\C)C[C@H](C)C[C@H](OC)[C@H]2O[C@@](O)(C(=O)C(=O)N3CCCCC3C(=O)O[C@H](/C(C)=C/[C@@H]3CC[C@@H](O)[C@H](OC)C3)[C@H](C)[C@@H](O)CC1=O)[C@H](C)C[C@@H]2OC. The van der Waals surface area contributed by atoms with Gasteiger partial charge in [0, 0.05) is 52.0 Å². The minimum Gasteiger partial charge on any atom is -0.456 e. The molecule has 0 aromatic rings. The molecule has 4 aliphatic rings. The Morgan fingerprint density at radius 1 is 0.911 bits per heavy atom. The lowest BCUT2D eigenvalue weighted by molar-refractivity contribution is -0.302. The van der Waals surface area contributed by atoms with Crippen LogP contribution in [0.15, 0.2) is 23.3 Å². The zero-order valence-electron chi connectivity index (χ0n) is 35.1. The quantitative estimate of drug-likeness (QED) is 0.196. The Balaban J connectivity index is 1.76. The molecule has 2 bridgehead atoms. The van der Waals surface area contributed by atoms with Gasteiger partial charge in [0.25, 0.3) is 11.7 Å². The number of cyclic esters (lactones) is 1. The van der Waals surface area contributed by atoms with E-state index in [0.29, 0.717) is 56.9 Å². The Kier molecular flexibility index (Phi) is 16.9. The zero-order chi connectivity index (χ0) is 41.5. The molecule has 3 fully saturated rings. The van der Waals surface area contributed by atoms with Crippen LogP contribution in [0, 0.1) is 29.6 Å². The Hall–Kier alpha value is -2.52. The molecule has 13 heteroatoms. The van der Waals surface area contributed by atoms with Gasteiger partial charge in [0.1, 0.15) is 24.0 Å². The molecule has 56 heavy (non-hydrogen) atoms. The summed E-state index contributed by atoms with van der Waals surface area (Å²) in [6.07, 6.45) is 3.72. The number of allylic oxidation sites excluding steroid dienone is 3. The van der Waals surface area contributed by atoms with Crippen molar-refractivity contribution in [3.63, 3.8) is 0 Å². The van der Waals surface area contributed by atoms with Crippen LogP contribution in [0.2, 0.25) is 0 Å². The Morgan fingerprint density at radius 3 is 2.21 bits per heavy atom. The number of piperidine rings is 1. The number of fused-ring (bicyclic) bond motifs is 3. The van der Waals surface area contributed by atoms with Crippen molar-refractivity contribution in [3.8, 4) is 0 Å². The van der Waals surface area contributed by atoms with Crippen LogP contribution in [0.25, 0.3) is 0 Å². The van der Waals surface area contributed by atoms with Gasteiger partial charge in [0.05, 0.1) is 30.5 Å². The van der Waals surface area contributed by atoms with Crippen molar-refractivity contribution >= 4 is 23.4 Å². The average molecular weight is 792 g/mol. The van der Waals surface area contributed by atoms with E-state index in [1.165, 1.54) is 19.1 Å². The largest absolute Gasteiger partial charge is 0.456 e. The first-order chi connectivity index (χ1) is 26.5. The van der Waals surface area contributed by atoms with Crippen molar-refractivity contribution in [3.05, 3.63) is 23.3 Å². The van der Waals surface area contributed by atoms with Crippen molar-refractivity contribution in [2.24, 2.45) is 29.6 Å². The monoisotopic (exact) mass is 791 g/mol. The minimum absolute atomic E-state index is 0.000914. The Labute approximate surface area is 333 Å². The molecule has 0 radical (unpaired) electrons. The molecular formula is C43H69NO12. The molecule has 1 unspecified atom stereocenters. The molecule has 3 N–H and O–H groups in total. The number of aliphatic hydroxyl groups is 3. The van der Waals surface area contributed by atoms with E-state index in [4.69, 9.17) is 23.7 Å². The summed E-state index contributed by atoms with van der Waals surface area (Å²) in [5.41, 5.74) is 1.66. The summed E-state index contributed by atoms with van der Waals surface area (Å²) in [7, 11) is 4.63. The van der Waals surface area contributed by atoms with Gasteiger partial charge in [-0.05, 0) is 95.5 Å². The molecule has 0 aromatic heterocycles. The predicted octanol–water partition coefficient (Wildman–Crippen LogP) is 4.47. The van der Waals surface area contributed by atoms with E-state index >= 15 is 0 Å². The maximum atomic E-state index is 14.3. The molecule has 4 rings (SSSR count). The number of amides is 1. The third-order valence-electron chi connectivity index (χ3n) is 12.9. The summed E-state index contributed by atoms with van der Waals surface area (Å²) in [4.78, 5) is 57.6. The van der Waals surface area contributed by atoms with Gasteiger partial charge in [0.15, 0.2) is 0 Å². The van der Waals surface area contributed by atoms with Gasteiger partial charge >= 0.3 is 5.97 Å². The highest BCUT2D eigenvalue weighted by molar-refractivity contribution is 6.39. The number of nitrogens with zero attached hydrogens (tertiary/aromatic N) is 1. The summed E-state index contributed by atoms with van der Waals surface area (Å²) in [5.74, 6) is -7.50. The molecular weight excluding hydrogens is 722 g/mol. The second-order valence-electron chi connectivity index (χ2n) is 17.2. The standard InChI is InChI=1S/C43H69NO12/c1-10-30-18-24(2)17-25(3)19-36(53-8)39-37(54-9)21-27(5)43(51,56-39)40(48)41(49)44-16-12-11-13-31(44)42(50)55-38(28(6)33(46)23-34(30)47)26(4)20-29-14-15-32(45)35(22-29)52-7/h18,20,25,27-33,35-39,45-46,51H,10-17,19,21-23H2,1-9H3/b24-18+,26-20+/t25-,27+,28+,29-,30+,31?,32+,33-,35+,36-,37-,38+,39+,43+/m0/s1. The first kappa shape index (κ1) is 46.2. The van der Waals surface area contributed by atoms with Crippen molar-refractivity contribution in [2.45, 2.75) is 167 Å². The van der Waals surface area contributed by atoms with Gasteiger partial charge in [-0.2, -0.15) is 0 Å². The molecule has 0 aromatic carbocycles. The zero-order valence-corrected chi connectivity index (χ0v) is 35.1. The Morgan fingerprint density at radius 2 is 1.57 bits per heavy atom. The average Bonchev–Trinajstić information content (AvgIpc) is 3.18. The van der Waals surface area contributed by atoms with E-state index in [0.717, 1.165) is 5.57 Å². The fourth-order valence-corrected chi connectivity index (χ4v) is 9.39. The topological polar surface area (TPSA) is 178 Å². The molecule has 1 saturated carbocycles. The van der Waals surface area contributed by atoms with Crippen molar-refractivity contribution < 1.29 is 58.2 Å². The lowest BCUT2D eigenvalue weighted by atomic mass is 9.81. The molecule has 3 aliphatic heterocycles. The normalized spacial score (nSPS) is 41.6. The minimum atomic E-state index is -2.50. The number of methoxy groups -OCH3 is 3. The fourth-order valence-electron chi connectivity index (χ4n) is 9.39. The van der Waals surface area contributed by atoms with Crippen LogP contribution < -0.4 is 0 Å². The number of carbonyl (C=O) groups is 4. The second-order valence-corrected chi connectivity index (χ2v) is 17.2. The van der Waals surface area contributed by atoms with Crippen LogP contribution >= 0.6 is 0 Å². The number of carbonyl (C=O) groups excluding carboxylic acids is 4. The number of Topliss-reactive ketones (excluding diaryl/α,β-unsaturated/α-hetero) is 2. The van der Waals surface area contributed by atoms with Gasteiger partial charge < -0.3 is 43.9 Å². The second kappa shape index (κ2) is 20.4. The van der Waals surface area contributed by atoms with Crippen molar-refractivity contribution in [2.75, 3.05) is 27.9 Å². The molecule has 13 nitrogen and oxygen atoms in total. The highest BCUT2D eigenvalue weighted by Gasteiger charge is 2.56. The molecule has 318 valence electrons. The highest BCUT2D eigenvalue weighted by atomic mass is 16.7. The highest BCUT2D eigenvalue weighted by Crippen LogP contribution is 2.39. The predicted molar refractivity (Wildman–Crippen MR) is 208 cm³/mol. The number of hydrogen-bond acceptors (Lipinski definition) is 12. The molecule has 3 heterocycles. The molecule has 1 amide bonds. The maximum absolute atomic E-state index is 14.3. The van der Waals surface area contributed by atoms with E-state index in [1.54, 1.807) is 21.0 Å². The van der Waals surface area contributed by atoms with Crippen molar-refractivity contribution in [1.29, 1.82) is 0 Å². The van der Waals surface area contributed by atoms with Gasteiger partial charge in [-0.1, -0.05) is 45.4 Å². The lowest BCUT2D eigenvalue weighted by Gasteiger charge is -2.47. The van der Waals surface area contributed by atoms with Gasteiger partial charge in [-0.3, -0.25) is 14.4 Å². The van der Waals surface area contributed by atoms with Crippen molar-refractivity contribution in [1.82, 2.24) is 4.90 Å². The van der Waals surface area contributed by atoms with Gasteiger partial charge in [-0.15, -0.1) is 0 Å². The summed E-state index contributed by atoms with van der Waals surface area (Å²) >= 11 is 0. The molecule has 1 aliphatic carbocycles. The van der Waals surface area contributed by atoms with Crippen LogP contribution in [0.4, 0.5) is 0 Å². The number of esters is 1. The summed E-state index contributed by atoms with van der Waals surface area (Å²) in [5, 5.41) is 34.1. The van der Waals surface area contributed by atoms with E-state index in [1.807, 2.05) is 32.9 Å². The maximum Gasteiger partial charge on any atom is 0.329 e. The van der Waals surface area contributed by atoms with Crippen LogP contribution in [-0.2, 0) is 42.9 Å². The van der Waals surface area contributed by atoms with E-state index in [2.05, 4.69) is 6.92 Å². The summed E-state index contributed by atoms with van der Waals surface area (Å²) in [6.45, 7) is 11.3. The van der Waals surface area contributed by atoms with Gasteiger partial charge in [0.2, 0.25) is 5.79 Å². The number of ether oxygens (including phenoxy) is 5. The number of ketones is 2. The lowest BCUT2D eigenvalue weighted by Crippen LogP contribution is -2.64. The third-order valence-corrected chi connectivity index (χ3v) is 12.9. The van der Waals surface area contributed by atoms with Crippen LogP contribution in [0.3, 0.4) is 0 Å². The number of rotatable bonds is 6. The van der Waals surface area contributed by atoms with E-state index in [-0.39, 0.29) is 49.5 Å². The van der Waals surface area contributed by atoms with Crippen LogP contribution in [0.1, 0.15) is 112 Å². The van der Waals surface area contributed by atoms with E-state index in [9.17, 15) is 34.5 Å². The molecule has 14 atom stereocenters.